The summed E-state index contributed by atoms with van der Waals surface area (Å²) < 4.78 is 10.1. The predicted molar refractivity (Wildman–Crippen MR) is 62.8 cm³/mol. The van der Waals surface area contributed by atoms with E-state index in [0.717, 1.165) is 0 Å². The lowest BCUT2D eigenvalue weighted by Gasteiger charge is -2.04. The highest BCUT2D eigenvalue weighted by atomic mass is 32.1. The van der Waals surface area contributed by atoms with Crippen molar-refractivity contribution in [3.63, 3.8) is 0 Å². The zero-order valence-electron chi connectivity index (χ0n) is 8.90. The van der Waals surface area contributed by atoms with Gasteiger partial charge in [0.1, 0.15) is 11.0 Å². The van der Waals surface area contributed by atoms with Crippen LogP contribution in [0.2, 0.25) is 0 Å². The molecule has 0 spiro atoms. The van der Waals surface area contributed by atoms with Crippen LogP contribution in [0.4, 0.5) is 5.88 Å². The van der Waals surface area contributed by atoms with E-state index in [1.165, 1.54) is 23.4 Å². The van der Waals surface area contributed by atoms with E-state index in [-0.39, 0.29) is 17.2 Å². The predicted octanol–water partition coefficient (Wildman–Crippen LogP) is 1.53. The standard InChI is InChI=1S/C9H9N3O4S/c1-6-5-11(9(17)15-6)10-4-7-2-3-8(16-7)12(13)14/h2-4,6H,5H2,1H3/b10-4+. The van der Waals surface area contributed by atoms with Gasteiger partial charge in [-0.15, -0.1) is 0 Å². The number of furan rings is 1. The van der Waals surface area contributed by atoms with E-state index in [4.69, 9.17) is 21.4 Å². The molecule has 1 aliphatic rings. The molecule has 0 radical (unpaired) electrons. The molecule has 1 saturated heterocycles. The van der Waals surface area contributed by atoms with Crippen LogP contribution in [0.1, 0.15) is 12.7 Å². The van der Waals surface area contributed by atoms with Gasteiger partial charge < -0.3 is 9.15 Å². The molecule has 1 aromatic heterocycles. The van der Waals surface area contributed by atoms with Crippen LogP contribution in [-0.4, -0.2) is 34.0 Å². The fourth-order valence-electron chi connectivity index (χ4n) is 1.32. The van der Waals surface area contributed by atoms with Gasteiger partial charge in [-0.3, -0.25) is 10.1 Å². The monoisotopic (exact) mass is 255 g/mol. The summed E-state index contributed by atoms with van der Waals surface area (Å²) in [6.45, 7) is 2.43. The fraction of sp³-hybridized carbons (Fsp3) is 0.333. The minimum absolute atomic E-state index is 0.00872. The number of hydrogen-bond donors (Lipinski definition) is 0. The molecule has 7 nitrogen and oxygen atoms in total. The third-order valence-corrected chi connectivity index (χ3v) is 2.37. The summed E-state index contributed by atoms with van der Waals surface area (Å²) in [7, 11) is 0. The van der Waals surface area contributed by atoms with Crippen LogP contribution in [0.15, 0.2) is 21.7 Å². The van der Waals surface area contributed by atoms with E-state index >= 15 is 0 Å². The van der Waals surface area contributed by atoms with Crippen LogP contribution in [0, 0.1) is 10.1 Å². The van der Waals surface area contributed by atoms with Gasteiger partial charge in [0.25, 0.3) is 5.17 Å². The normalized spacial score (nSPS) is 19.9. The molecule has 0 aromatic carbocycles. The Morgan fingerprint density at radius 1 is 1.71 bits per heavy atom. The van der Waals surface area contributed by atoms with Gasteiger partial charge in [-0.2, -0.15) is 5.10 Å². The maximum absolute atomic E-state index is 10.4. The molecule has 1 aromatic rings. The summed E-state index contributed by atoms with van der Waals surface area (Å²) in [4.78, 5) is 9.78. The molecular weight excluding hydrogens is 246 g/mol. The second-order valence-electron chi connectivity index (χ2n) is 3.45. The number of hydrogen-bond acceptors (Lipinski definition) is 6. The zero-order valence-corrected chi connectivity index (χ0v) is 9.72. The molecule has 1 unspecified atom stereocenters. The van der Waals surface area contributed by atoms with Gasteiger partial charge in [-0.1, -0.05) is 0 Å². The van der Waals surface area contributed by atoms with Crippen LogP contribution in [0.5, 0.6) is 0 Å². The van der Waals surface area contributed by atoms with Crippen molar-refractivity contribution in [1.29, 1.82) is 0 Å². The Balaban J connectivity index is 2.05. The molecule has 0 amide bonds. The Bertz CT molecular complexity index is 484. The summed E-state index contributed by atoms with van der Waals surface area (Å²) in [6.07, 6.45) is 1.35. The second kappa shape index (κ2) is 4.50. The van der Waals surface area contributed by atoms with Crippen molar-refractivity contribution in [3.05, 3.63) is 28.0 Å². The summed E-state index contributed by atoms with van der Waals surface area (Å²) in [5.74, 6) is -0.0286. The molecule has 1 aliphatic heterocycles. The first kappa shape index (κ1) is 11.5. The van der Waals surface area contributed by atoms with Crippen molar-refractivity contribution >= 4 is 29.5 Å². The quantitative estimate of drug-likeness (QED) is 0.352. The molecular formula is C9H9N3O4S. The summed E-state index contributed by atoms with van der Waals surface area (Å²) in [6, 6.07) is 2.73. The van der Waals surface area contributed by atoms with Crippen molar-refractivity contribution in [2.24, 2.45) is 5.10 Å². The highest BCUT2D eigenvalue weighted by Crippen LogP contribution is 2.15. The summed E-state index contributed by atoms with van der Waals surface area (Å²) in [5.41, 5.74) is 0. The third-order valence-electron chi connectivity index (χ3n) is 2.06. The topological polar surface area (TPSA) is 81.1 Å². The number of thiocarbonyl (C=S) groups is 1. The van der Waals surface area contributed by atoms with Crippen LogP contribution in [-0.2, 0) is 4.74 Å². The first-order valence-electron chi connectivity index (χ1n) is 4.82. The lowest BCUT2D eigenvalue weighted by Crippen LogP contribution is -2.18. The second-order valence-corrected chi connectivity index (χ2v) is 3.80. The highest BCUT2D eigenvalue weighted by molar-refractivity contribution is 7.80. The molecule has 0 bridgehead atoms. The van der Waals surface area contributed by atoms with Crippen LogP contribution >= 0.6 is 12.2 Å². The average molecular weight is 255 g/mol. The SMILES string of the molecule is CC1CN(/N=C/c2ccc([N+](=O)[O-])o2)C(=S)O1. The van der Waals surface area contributed by atoms with Gasteiger partial charge in [-0.05, 0) is 25.2 Å². The van der Waals surface area contributed by atoms with Gasteiger partial charge in [0.05, 0.1) is 18.8 Å². The van der Waals surface area contributed by atoms with Crippen LogP contribution < -0.4 is 0 Å². The number of ether oxygens (including phenoxy) is 1. The molecule has 2 rings (SSSR count). The van der Waals surface area contributed by atoms with E-state index < -0.39 is 4.92 Å². The Morgan fingerprint density at radius 3 is 3.00 bits per heavy atom. The Labute approximate surface area is 102 Å². The van der Waals surface area contributed by atoms with Gasteiger partial charge in [0, 0.05) is 0 Å². The largest absolute Gasteiger partial charge is 0.465 e. The number of hydrazone groups is 1. The number of rotatable bonds is 3. The average Bonchev–Trinajstić information content (AvgIpc) is 2.82. The van der Waals surface area contributed by atoms with Gasteiger partial charge in [0.15, 0.2) is 5.76 Å². The minimum Gasteiger partial charge on any atom is -0.465 e. The molecule has 17 heavy (non-hydrogen) atoms. The first-order valence-corrected chi connectivity index (χ1v) is 5.23. The first-order chi connectivity index (χ1) is 8.06. The van der Waals surface area contributed by atoms with Crippen molar-refractivity contribution in [2.45, 2.75) is 13.0 Å². The maximum Gasteiger partial charge on any atom is 0.433 e. The van der Waals surface area contributed by atoms with Crippen molar-refractivity contribution in [3.8, 4) is 0 Å². The summed E-state index contributed by atoms with van der Waals surface area (Å²) >= 11 is 4.93. The van der Waals surface area contributed by atoms with Crippen LogP contribution in [0.25, 0.3) is 0 Å². The minimum atomic E-state index is -0.608. The van der Waals surface area contributed by atoms with E-state index in [2.05, 4.69) is 5.10 Å². The van der Waals surface area contributed by atoms with E-state index in [1.807, 2.05) is 6.92 Å². The third kappa shape index (κ3) is 2.59. The van der Waals surface area contributed by atoms with Crippen molar-refractivity contribution < 1.29 is 14.1 Å². The van der Waals surface area contributed by atoms with Gasteiger partial charge in [-0.25, -0.2) is 5.01 Å². The molecule has 0 N–H and O–H groups in total. The van der Waals surface area contributed by atoms with E-state index in [0.29, 0.717) is 12.3 Å². The Kier molecular flexibility index (Phi) is 3.05. The number of nitro groups is 1. The zero-order chi connectivity index (χ0) is 12.4. The lowest BCUT2D eigenvalue weighted by atomic mass is 10.4. The van der Waals surface area contributed by atoms with E-state index in [1.54, 1.807) is 0 Å². The number of nitrogens with zero attached hydrogens (tertiary/aromatic N) is 3. The van der Waals surface area contributed by atoms with Crippen molar-refractivity contribution in [1.82, 2.24) is 5.01 Å². The molecule has 8 heteroatoms. The van der Waals surface area contributed by atoms with Gasteiger partial charge >= 0.3 is 5.88 Å². The summed E-state index contributed by atoms with van der Waals surface area (Å²) in [5, 5.41) is 16.2. The molecule has 0 saturated carbocycles. The Morgan fingerprint density at radius 2 is 2.47 bits per heavy atom. The van der Waals surface area contributed by atoms with Gasteiger partial charge in [0.2, 0.25) is 0 Å². The Hall–Kier alpha value is -1.96. The maximum atomic E-state index is 10.4. The smallest absolute Gasteiger partial charge is 0.433 e. The fourth-order valence-corrected chi connectivity index (χ4v) is 1.60. The lowest BCUT2D eigenvalue weighted by molar-refractivity contribution is -0.402. The van der Waals surface area contributed by atoms with Crippen molar-refractivity contribution in [2.75, 3.05) is 6.54 Å². The highest BCUT2D eigenvalue weighted by Gasteiger charge is 2.24. The molecule has 1 atom stereocenters. The molecule has 0 aliphatic carbocycles. The molecule has 1 fully saturated rings. The van der Waals surface area contributed by atoms with E-state index in [9.17, 15) is 10.1 Å². The molecule has 90 valence electrons. The molecule has 2 heterocycles. The van der Waals surface area contributed by atoms with Crippen LogP contribution in [0.3, 0.4) is 0 Å².